The minimum absolute atomic E-state index is 0.0676. The van der Waals surface area contributed by atoms with Crippen LogP contribution in [-0.4, -0.2) is 54.1 Å². The lowest BCUT2D eigenvalue weighted by atomic mass is 9.98. The smallest absolute Gasteiger partial charge is 0.353 e. The second-order valence-corrected chi connectivity index (χ2v) is 6.61. The maximum absolute atomic E-state index is 12.4. The zero-order valence-corrected chi connectivity index (χ0v) is 12.2. The Bertz CT molecular complexity index is 457. The molecule has 3 fully saturated rings. The number of nitrogens with one attached hydrogen (secondary N) is 2. The van der Waals surface area contributed by atoms with Gasteiger partial charge in [0.05, 0.1) is 5.92 Å². The molecule has 8 heteroatoms. The van der Waals surface area contributed by atoms with Gasteiger partial charge in [-0.25, -0.2) is 0 Å². The molecular formula is C14H20F3N3O2. The Kier molecular flexibility index (Phi) is 4.05. The molecule has 3 aliphatic heterocycles. The molecule has 0 aromatic heterocycles. The first-order chi connectivity index (χ1) is 10.3. The van der Waals surface area contributed by atoms with Gasteiger partial charge in [-0.05, 0) is 25.7 Å². The van der Waals surface area contributed by atoms with Crippen molar-refractivity contribution in [2.75, 3.05) is 13.1 Å². The summed E-state index contributed by atoms with van der Waals surface area (Å²) in [5.74, 6) is -1.55. The molecule has 2 N–H and O–H groups in total. The first-order valence-electron chi connectivity index (χ1n) is 7.71. The van der Waals surface area contributed by atoms with Gasteiger partial charge in [-0.15, -0.1) is 0 Å². The van der Waals surface area contributed by atoms with E-state index in [2.05, 4.69) is 10.6 Å². The number of halogens is 3. The number of hydrogen-bond donors (Lipinski definition) is 2. The van der Waals surface area contributed by atoms with E-state index in [-0.39, 0.29) is 24.9 Å². The summed E-state index contributed by atoms with van der Waals surface area (Å²) in [7, 11) is 0. The van der Waals surface area contributed by atoms with Gasteiger partial charge in [-0.2, -0.15) is 13.2 Å². The van der Waals surface area contributed by atoms with Gasteiger partial charge in [0, 0.05) is 31.1 Å². The Labute approximate surface area is 126 Å². The molecule has 2 amide bonds. The molecular weight excluding hydrogens is 299 g/mol. The van der Waals surface area contributed by atoms with E-state index >= 15 is 0 Å². The van der Waals surface area contributed by atoms with E-state index in [1.165, 1.54) is 0 Å². The summed E-state index contributed by atoms with van der Waals surface area (Å²) in [4.78, 5) is 24.6. The van der Waals surface area contributed by atoms with Gasteiger partial charge in [0.25, 0.3) is 0 Å². The number of hydrogen-bond acceptors (Lipinski definition) is 3. The maximum Gasteiger partial charge on any atom is 0.406 e. The second-order valence-electron chi connectivity index (χ2n) is 6.61. The van der Waals surface area contributed by atoms with Gasteiger partial charge in [-0.3, -0.25) is 9.59 Å². The fourth-order valence-corrected chi connectivity index (χ4v) is 3.81. The molecule has 22 heavy (non-hydrogen) atoms. The van der Waals surface area contributed by atoms with Crippen LogP contribution in [0.25, 0.3) is 0 Å². The van der Waals surface area contributed by atoms with Gasteiger partial charge < -0.3 is 15.5 Å². The van der Waals surface area contributed by atoms with Crippen LogP contribution in [0, 0.1) is 5.92 Å². The predicted molar refractivity (Wildman–Crippen MR) is 71.9 cm³/mol. The van der Waals surface area contributed by atoms with E-state index in [0.29, 0.717) is 12.1 Å². The molecule has 0 saturated carbocycles. The molecule has 2 bridgehead atoms. The number of piperidine rings is 1. The summed E-state index contributed by atoms with van der Waals surface area (Å²) in [5.41, 5.74) is 0. The molecule has 0 spiro atoms. The number of carbonyl (C=O) groups excluding carboxylic acids is 2. The monoisotopic (exact) mass is 319 g/mol. The first-order valence-corrected chi connectivity index (χ1v) is 7.71. The van der Waals surface area contributed by atoms with Crippen molar-refractivity contribution >= 4 is 11.8 Å². The third-order valence-electron chi connectivity index (χ3n) is 4.77. The molecule has 124 valence electrons. The van der Waals surface area contributed by atoms with Crippen molar-refractivity contribution in [2.45, 2.75) is 56.4 Å². The molecule has 3 heterocycles. The van der Waals surface area contributed by atoms with Crippen molar-refractivity contribution in [3.63, 3.8) is 0 Å². The molecule has 5 nitrogen and oxygen atoms in total. The van der Waals surface area contributed by atoms with Crippen molar-refractivity contribution in [1.29, 1.82) is 0 Å². The summed E-state index contributed by atoms with van der Waals surface area (Å²) < 4.78 is 37.1. The van der Waals surface area contributed by atoms with Crippen LogP contribution in [0.4, 0.5) is 13.2 Å². The Hall–Kier alpha value is -1.31. The fourth-order valence-electron chi connectivity index (χ4n) is 3.81. The van der Waals surface area contributed by atoms with Crippen molar-refractivity contribution in [3.8, 4) is 0 Å². The SMILES string of the molecule is O=C(NC1CC2CCC(C1)N2)C1CC(=O)N(CC(F)(F)F)C1. The second kappa shape index (κ2) is 5.72. The summed E-state index contributed by atoms with van der Waals surface area (Å²) in [6.45, 7) is -1.41. The highest BCUT2D eigenvalue weighted by atomic mass is 19.4. The molecule has 3 unspecified atom stereocenters. The highest BCUT2D eigenvalue weighted by molar-refractivity contribution is 5.89. The van der Waals surface area contributed by atoms with Gasteiger partial charge in [0.1, 0.15) is 6.54 Å². The van der Waals surface area contributed by atoms with Crippen LogP contribution in [0.5, 0.6) is 0 Å². The molecule has 0 aromatic carbocycles. The van der Waals surface area contributed by atoms with E-state index in [9.17, 15) is 22.8 Å². The largest absolute Gasteiger partial charge is 0.406 e. The number of amides is 2. The van der Waals surface area contributed by atoms with Gasteiger partial charge in [-0.1, -0.05) is 0 Å². The minimum atomic E-state index is -4.42. The molecule has 3 aliphatic rings. The fraction of sp³-hybridized carbons (Fsp3) is 0.857. The molecule has 3 saturated heterocycles. The lowest BCUT2D eigenvalue weighted by molar-refractivity contribution is -0.157. The zero-order valence-electron chi connectivity index (χ0n) is 12.2. The minimum Gasteiger partial charge on any atom is -0.353 e. The molecule has 3 atom stereocenters. The Morgan fingerprint density at radius 1 is 1.27 bits per heavy atom. The van der Waals surface area contributed by atoms with Crippen LogP contribution >= 0.6 is 0 Å². The summed E-state index contributed by atoms with van der Waals surface area (Å²) in [6.07, 6.45) is -0.615. The Morgan fingerprint density at radius 2 is 1.91 bits per heavy atom. The zero-order chi connectivity index (χ0) is 15.9. The summed E-state index contributed by atoms with van der Waals surface area (Å²) in [5, 5.41) is 6.39. The number of rotatable bonds is 3. The van der Waals surface area contributed by atoms with E-state index in [0.717, 1.165) is 30.6 Å². The lowest BCUT2D eigenvalue weighted by Gasteiger charge is -2.30. The Morgan fingerprint density at radius 3 is 2.50 bits per heavy atom. The number of carbonyl (C=O) groups is 2. The van der Waals surface area contributed by atoms with Crippen LogP contribution in [0.15, 0.2) is 0 Å². The van der Waals surface area contributed by atoms with Crippen LogP contribution in [0.1, 0.15) is 32.1 Å². The highest BCUT2D eigenvalue weighted by Gasteiger charge is 2.41. The van der Waals surface area contributed by atoms with Crippen LogP contribution in [0.2, 0.25) is 0 Å². The third-order valence-corrected chi connectivity index (χ3v) is 4.77. The maximum atomic E-state index is 12.4. The number of fused-ring (bicyclic) bond motifs is 2. The topological polar surface area (TPSA) is 61.4 Å². The normalized spacial score (nSPS) is 35.0. The van der Waals surface area contributed by atoms with E-state index < -0.39 is 24.5 Å². The van der Waals surface area contributed by atoms with Crippen molar-refractivity contribution < 1.29 is 22.8 Å². The van der Waals surface area contributed by atoms with Gasteiger partial charge in [0.2, 0.25) is 11.8 Å². The predicted octanol–water partition coefficient (Wildman–Crippen LogP) is 0.796. The number of alkyl halides is 3. The van der Waals surface area contributed by atoms with Crippen molar-refractivity contribution in [2.24, 2.45) is 5.92 Å². The number of nitrogens with zero attached hydrogens (tertiary/aromatic N) is 1. The van der Waals surface area contributed by atoms with E-state index in [1.807, 2.05) is 0 Å². The molecule has 0 aliphatic carbocycles. The lowest BCUT2D eigenvalue weighted by Crippen LogP contribution is -2.49. The molecule has 0 radical (unpaired) electrons. The van der Waals surface area contributed by atoms with Crippen LogP contribution in [-0.2, 0) is 9.59 Å². The first kappa shape index (κ1) is 15.6. The van der Waals surface area contributed by atoms with Gasteiger partial charge in [0.15, 0.2) is 0 Å². The summed E-state index contributed by atoms with van der Waals surface area (Å²) in [6, 6.07) is 0.921. The third kappa shape index (κ3) is 3.53. The molecule has 0 aromatic rings. The molecule has 3 rings (SSSR count). The van der Waals surface area contributed by atoms with E-state index in [4.69, 9.17) is 0 Å². The van der Waals surface area contributed by atoms with Gasteiger partial charge >= 0.3 is 6.18 Å². The highest BCUT2D eigenvalue weighted by Crippen LogP contribution is 2.28. The van der Waals surface area contributed by atoms with Crippen molar-refractivity contribution in [3.05, 3.63) is 0 Å². The Balaban J connectivity index is 1.52. The average Bonchev–Trinajstić information content (AvgIpc) is 2.92. The average molecular weight is 319 g/mol. The summed E-state index contributed by atoms with van der Waals surface area (Å²) >= 11 is 0. The number of likely N-dealkylation sites (tertiary alicyclic amines) is 1. The van der Waals surface area contributed by atoms with E-state index in [1.54, 1.807) is 0 Å². The van der Waals surface area contributed by atoms with Crippen LogP contribution < -0.4 is 10.6 Å². The van der Waals surface area contributed by atoms with Crippen LogP contribution in [0.3, 0.4) is 0 Å². The quantitative estimate of drug-likeness (QED) is 0.809. The standard InChI is InChI=1S/C14H20F3N3O2/c15-14(16,17)7-20-6-8(3-12(20)21)13(22)19-11-4-9-1-2-10(5-11)18-9/h8-11,18H,1-7H2,(H,19,22). The van der Waals surface area contributed by atoms with Crippen molar-refractivity contribution in [1.82, 2.24) is 15.5 Å².